The predicted molar refractivity (Wildman–Crippen MR) is 71.8 cm³/mol. The average Bonchev–Trinajstić information content (AvgIpc) is 2.28. The predicted octanol–water partition coefficient (Wildman–Crippen LogP) is 3.81. The van der Waals surface area contributed by atoms with Crippen LogP contribution in [0.15, 0.2) is 30.3 Å². The van der Waals surface area contributed by atoms with Gasteiger partial charge in [0.1, 0.15) is 0 Å². The van der Waals surface area contributed by atoms with Crippen LogP contribution in [-0.2, 0) is 0 Å². The highest BCUT2D eigenvalue weighted by atomic mass is 14.9. The SMILES string of the molecule is CC(C)CCNC(C)C(C)c1ccccc1. The molecule has 90 valence electrons. The summed E-state index contributed by atoms with van der Waals surface area (Å²) in [6.07, 6.45) is 1.26. The van der Waals surface area contributed by atoms with E-state index in [0.717, 1.165) is 12.5 Å². The number of rotatable bonds is 6. The van der Waals surface area contributed by atoms with Crippen molar-refractivity contribution < 1.29 is 0 Å². The number of benzene rings is 1. The topological polar surface area (TPSA) is 12.0 Å². The molecule has 0 amide bonds. The maximum absolute atomic E-state index is 3.61. The van der Waals surface area contributed by atoms with Crippen molar-refractivity contribution in [3.63, 3.8) is 0 Å². The Bertz CT molecular complexity index is 279. The molecule has 1 aromatic rings. The molecule has 0 aliphatic rings. The van der Waals surface area contributed by atoms with Crippen LogP contribution in [0.25, 0.3) is 0 Å². The van der Waals surface area contributed by atoms with Gasteiger partial charge >= 0.3 is 0 Å². The first kappa shape index (κ1) is 13.2. The van der Waals surface area contributed by atoms with Gasteiger partial charge in [0.15, 0.2) is 0 Å². The molecule has 1 aromatic carbocycles. The summed E-state index contributed by atoms with van der Waals surface area (Å²) in [4.78, 5) is 0. The van der Waals surface area contributed by atoms with Crippen molar-refractivity contribution in [2.45, 2.75) is 46.1 Å². The summed E-state index contributed by atoms with van der Waals surface area (Å²) in [5, 5.41) is 3.61. The third kappa shape index (κ3) is 4.36. The first-order valence-corrected chi connectivity index (χ1v) is 6.39. The molecule has 2 atom stereocenters. The molecular formula is C15H25N. The van der Waals surface area contributed by atoms with E-state index in [1.807, 2.05) is 0 Å². The summed E-state index contributed by atoms with van der Waals surface area (Å²) in [5.74, 6) is 1.36. The smallest absolute Gasteiger partial charge is 0.0105 e. The summed E-state index contributed by atoms with van der Waals surface area (Å²) in [5.41, 5.74) is 1.42. The van der Waals surface area contributed by atoms with Gasteiger partial charge in [-0.1, -0.05) is 51.1 Å². The summed E-state index contributed by atoms with van der Waals surface area (Å²) in [7, 11) is 0. The Balaban J connectivity index is 2.39. The maximum atomic E-state index is 3.61. The Kier molecular flexibility index (Phi) is 5.54. The minimum atomic E-state index is 0.543. The van der Waals surface area contributed by atoms with Crippen LogP contribution in [0.4, 0.5) is 0 Å². The van der Waals surface area contributed by atoms with Gasteiger partial charge in [-0.3, -0.25) is 0 Å². The summed E-state index contributed by atoms with van der Waals surface area (Å²) in [6, 6.07) is 11.3. The van der Waals surface area contributed by atoms with Crippen molar-refractivity contribution in [1.29, 1.82) is 0 Å². The zero-order valence-electron chi connectivity index (χ0n) is 11.0. The van der Waals surface area contributed by atoms with Gasteiger partial charge in [0.05, 0.1) is 0 Å². The molecule has 2 unspecified atom stereocenters. The lowest BCUT2D eigenvalue weighted by Crippen LogP contribution is -2.32. The fraction of sp³-hybridized carbons (Fsp3) is 0.600. The van der Waals surface area contributed by atoms with Crippen LogP contribution in [-0.4, -0.2) is 12.6 Å². The van der Waals surface area contributed by atoms with Crippen LogP contribution in [0.1, 0.15) is 45.6 Å². The van der Waals surface area contributed by atoms with Crippen LogP contribution >= 0.6 is 0 Å². The minimum Gasteiger partial charge on any atom is -0.314 e. The first-order valence-electron chi connectivity index (χ1n) is 6.39. The van der Waals surface area contributed by atoms with Gasteiger partial charge in [0.2, 0.25) is 0 Å². The highest BCUT2D eigenvalue weighted by Crippen LogP contribution is 2.18. The van der Waals surface area contributed by atoms with Gasteiger partial charge in [-0.15, -0.1) is 0 Å². The van der Waals surface area contributed by atoms with Gasteiger partial charge < -0.3 is 5.32 Å². The standard InChI is InChI=1S/C15H25N/c1-12(2)10-11-16-14(4)13(3)15-8-6-5-7-9-15/h5-9,12-14,16H,10-11H2,1-4H3. The Morgan fingerprint density at radius 3 is 2.19 bits per heavy atom. The molecule has 0 spiro atoms. The van der Waals surface area contributed by atoms with Crippen molar-refractivity contribution in [1.82, 2.24) is 5.32 Å². The molecular weight excluding hydrogens is 194 g/mol. The fourth-order valence-corrected chi connectivity index (χ4v) is 1.82. The van der Waals surface area contributed by atoms with Crippen molar-refractivity contribution >= 4 is 0 Å². The van der Waals surface area contributed by atoms with Gasteiger partial charge in [0, 0.05) is 6.04 Å². The van der Waals surface area contributed by atoms with E-state index in [-0.39, 0.29) is 0 Å². The number of hydrogen-bond acceptors (Lipinski definition) is 1. The lowest BCUT2D eigenvalue weighted by atomic mass is 9.94. The van der Waals surface area contributed by atoms with E-state index < -0.39 is 0 Å². The number of nitrogens with one attached hydrogen (secondary N) is 1. The summed E-state index contributed by atoms with van der Waals surface area (Å²) >= 11 is 0. The zero-order chi connectivity index (χ0) is 12.0. The molecule has 0 radical (unpaired) electrons. The van der Waals surface area contributed by atoms with E-state index in [2.05, 4.69) is 63.3 Å². The lowest BCUT2D eigenvalue weighted by molar-refractivity contribution is 0.448. The van der Waals surface area contributed by atoms with Gasteiger partial charge in [-0.05, 0) is 37.3 Å². The number of hydrogen-bond donors (Lipinski definition) is 1. The van der Waals surface area contributed by atoms with Crippen LogP contribution in [0.3, 0.4) is 0 Å². The van der Waals surface area contributed by atoms with E-state index in [0.29, 0.717) is 12.0 Å². The lowest BCUT2D eigenvalue weighted by Gasteiger charge is -2.22. The first-order chi connectivity index (χ1) is 7.61. The molecule has 0 fully saturated rings. The Morgan fingerprint density at radius 2 is 1.62 bits per heavy atom. The molecule has 0 aliphatic carbocycles. The van der Waals surface area contributed by atoms with Crippen LogP contribution < -0.4 is 5.32 Å². The Labute approximate surface area is 100 Å². The third-order valence-corrected chi connectivity index (χ3v) is 3.26. The molecule has 1 heteroatoms. The highest BCUT2D eigenvalue weighted by Gasteiger charge is 2.12. The maximum Gasteiger partial charge on any atom is 0.0105 e. The van der Waals surface area contributed by atoms with E-state index in [4.69, 9.17) is 0 Å². The average molecular weight is 219 g/mol. The molecule has 0 aliphatic heterocycles. The molecule has 0 heterocycles. The van der Waals surface area contributed by atoms with Crippen molar-refractivity contribution in [2.75, 3.05) is 6.54 Å². The van der Waals surface area contributed by atoms with E-state index in [1.165, 1.54) is 12.0 Å². The van der Waals surface area contributed by atoms with Crippen molar-refractivity contribution in [3.05, 3.63) is 35.9 Å². The second-order valence-corrected chi connectivity index (χ2v) is 5.12. The minimum absolute atomic E-state index is 0.543. The normalized spacial score (nSPS) is 15.1. The molecule has 1 nitrogen and oxygen atoms in total. The molecule has 0 bridgehead atoms. The van der Waals surface area contributed by atoms with Crippen molar-refractivity contribution in [2.24, 2.45) is 5.92 Å². The van der Waals surface area contributed by atoms with Gasteiger partial charge in [-0.2, -0.15) is 0 Å². The molecule has 0 saturated carbocycles. The van der Waals surface area contributed by atoms with Crippen LogP contribution in [0.2, 0.25) is 0 Å². The summed E-state index contributed by atoms with van der Waals surface area (Å²) in [6.45, 7) is 10.2. The van der Waals surface area contributed by atoms with E-state index in [9.17, 15) is 0 Å². The third-order valence-electron chi connectivity index (χ3n) is 3.26. The fourth-order valence-electron chi connectivity index (χ4n) is 1.82. The molecule has 1 rings (SSSR count). The van der Waals surface area contributed by atoms with E-state index in [1.54, 1.807) is 0 Å². The van der Waals surface area contributed by atoms with Gasteiger partial charge in [-0.25, -0.2) is 0 Å². The Morgan fingerprint density at radius 1 is 1.00 bits per heavy atom. The second kappa shape index (κ2) is 6.70. The monoisotopic (exact) mass is 219 g/mol. The Hall–Kier alpha value is -0.820. The zero-order valence-corrected chi connectivity index (χ0v) is 11.0. The largest absolute Gasteiger partial charge is 0.314 e. The van der Waals surface area contributed by atoms with Crippen molar-refractivity contribution in [3.8, 4) is 0 Å². The highest BCUT2D eigenvalue weighted by molar-refractivity contribution is 5.20. The quantitative estimate of drug-likeness (QED) is 0.767. The molecule has 0 saturated heterocycles. The van der Waals surface area contributed by atoms with Gasteiger partial charge in [0.25, 0.3) is 0 Å². The van der Waals surface area contributed by atoms with Crippen LogP contribution in [0.5, 0.6) is 0 Å². The van der Waals surface area contributed by atoms with E-state index >= 15 is 0 Å². The second-order valence-electron chi connectivity index (χ2n) is 5.12. The molecule has 16 heavy (non-hydrogen) atoms. The van der Waals surface area contributed by atoms with Crippen LogP contribution in [0, 0.1) is 5.92 Å². The molecule has 1 N–H and O–H groups in total. The molecule has 0 aromatic heterocycles. The summed E-state index contributed by atoms with van der Waals surface area (Å²) < 4.78 is 0.